The highest BCUT2D eigenvalue weighted by Gasteiger charge is 2.34. The van der Waals surface area contributed by atoms with Gasteiger partial charge in [-0.3, -0.25) is 0 Å². The van der Waals surface area contributed by atoms with E-state index in [4.69, 9.17) is 0 Å². The monoisotopic (exact) mass is 195 g/mol. The molecule has 0 bridgehead atoms. The van der Waals surface area contributed by atoms with Crippen LogP contribution in [0.1, 0.15) is 66.2 Å². The molecule has 2 atom stereocenters. The summed E-state index contributed by atoms with van der Waals surface area (Å²) in [4.78, 5) is 0. The SMILES string of the molecule is C[CH]CCCC1CC(C)CCC1(C)C. The minimum absolute atomic E-state index is 0.611. The Labute approximate surface area is 90.5 Å². The van der Waals surface area contributed by atoms with E-state index in [2.05, 4.69) is 34.1 Å². The van der Waals surface area contributed by atoms with Crippen molar-refractivity contribution in [1.82, 2.24) is 0 Å². The smallest absolute Gasteiger partial charge is 0.0326 e. The molecule has 1 radical (unpaired) electrons. The molecule has 0 heterocycles. The fourth-order valence-electron chi connectivity index (χ4n) is 2.82. The van der Waals surface area contributed by atoms with Crippen molar-refractivity contribution in [2.24, 2.45) is 17.3 Å². The average Bonchev–Trinajstić information content (AvgIpc) is 2.12. The Morgan fingerprint density at radius 3 is 2.71 bits per heavy atom. The van der Waals surface area contributed by atoms with Gasteiger partial charge in [0, 0.05) is 0 Å². The summed E-state index contributed by atoms with van der Waals surface area (Å²) in [5.74, 6) is 1.95. The normalized spacial score (nSPS) is 31.7. The molecule has 1 aliphatic rings. The molecular formula is C14H27. The van der Waals surface area contributed by atoms with Crippen molar-refractivity contribution >= 4 is 0 Å². The maximum absolute atomic E-state index is 2.47. The van der Waals surface area contributed by atoms with Crippen LogP contribution in [0.3, 0.4) is 0 Å². The van der Waals surface area contributed by atoms with Gasteiger partial charge < -0.3 is 0 Å². The van der Waals surface area contributed by atoms with Crippen molar-refractivity contribution in [3.8, 4) is 0 Å². The summed E-state index contributed by atoms with van der Waals surface area (Å²) in [5, 5.41) is 0. The predicted octanol–water partition coefficient (Wildman–Crippen LogP) is 4.84. The molecule has 1 fully saturated rings. The lowest BCUT2D eigenvalue weighted by Gasteiger charge is -2.41. The van der Waals surface area contributed by atoms with E-state index in [0.29, 0.717) is 5.41 Å². The molecule has 0 aromatic heterocycles. The second-order valence-corrected chi connectivity index (χ2v) is 5.90. The third-order valence-electron chi connectivity index (χ3n) is 4.12. The van der Waals surface area contributed by atoms with Crippen molar-refractivity contribution in [2.75, 3.05) is 0 Å². The zero-order valence-corrected chi connectivity index (χ0v) is 10.5. The first-order valence-electron chi connectivity index (χ1n) is 6.34. The lowest BCUT2D eigenvalue weighted by Crippen LogP contribution is -2.31. The van der Waals surface area contributed by atoms with Crippen LogP contribution in [0.2, 0.25) is 0 Å². The zero-order valence-electron chi connectivity index (χ0n) is 10.5. The summed E-state index contributed by atoms with van der Waals surface area (Å²) in [7, 11) is 0. The molecule has 0 N–H and O–H groups in total. The Bertz CT molecular complexity index is 157. The van der Waals surface area contributed by atoms with Crippen LogP contribution in [0.15, 0.2) is 0 Å². The summed E-state index contributed by atoms with van der Waals surface area (Å²) < 4.78 is 0. The quantitative estimate of drug-likeness (QED) is 0.563. The van der Waals surface area contributed by atoms with Gasteiger partial charge >= 0.3 is 0 Å². The van der Waals surface area contributed by atoms with Crippen molar-refractivity contribution < 1.29 is 0 Å². The van der Waals surface area contributed by atoms with E-state index in [0.717, 1.165) is 11.8 Å². The maximum atomic E-state index is 2.47. The van der Waals surface area contributed by atoms with Crippen molar-refractivity contribution in [3.63, 3.8) is 0 Å². The lowest BCUT2D eigenvalue weighted by molar-refractivity contribution is 0.0955. The number of unbranched alkanes of at least 4 members (excludes halogenated alkanes) is 2. The van der Waals surface area contributed by atoms with E-state index in [1.54, 1.807) is 0 Å². The molecule has 0 aromatic carbocycles. The molecule has 0 nitrogen and oxygen atoms in total. The van der Waals surface area contributed by atoms with Gasteiger partial charge in [-0.2, -0.15) is 0 Å². The van der Waals surface area contributed by atoms with Gasteiger partial charge in [0.25, 0.3) is 0 Å². The first-order valence-corrected chi connectivity index (χ1v) is 6.34. The Balaban J connectivity index is 2.38. The molecule has 0 aliphatic heterocycles. The molecule has 0 amide bonds. The van der Waals surface area contributed by atoms with Gasteiger partial charge in [-0.25, -0.2) is 0 Å². The van der Waals surface area contributed by atoms with Gasteiger partial charge in [0.2, 0.25) is 0 Å². The summed E-state index contributed by atoms with van der Waals surface area (Å²) in [6.45, 7) is 9.54. The zero-order chi connectivity index (χ0) is 10.6. The van der Waals surface area contributed by atoms with E-state index >= 15 is 0 Å². The molecule has 0 aromatic rings. The van der Waals surface area contributed by atoms with Crippen LogP contribution < -0.4 is 0 Å². The number of hydrogen-bond acceptors (Lipinski definition) is 0. The predicted molar refractivity (Wildman–Crippen MR) is 64.1 cm³/mol. The van der Waals surface area contributed by atoms with Gasteiger partial charge in [0.15, 0.2) is 0 Å². The summed E-state index contributed by atoms with van der Waals surface area (Å²) in [6, 6.07) is 0. The van der Waals surface area contributed by atoms with Gasteiger partial charge in [0.1, 0.15) is 0 Å². The van der Waals surface area contributed by atoms with Gasteiger partial charge in [-0.1, -0.05) is 47.0 Å². The fourth-order valence-corrected chi connectivity index (χ4v) is 2.82. The highest BCUT2D eigenvalue weighted by molar-refractivity contribution is 4.85. The van der Waals surface area contributed by atoms with E-state index < -0.39 is 0 Å². The van der Waals surface area contributed by atoms with Crippen LogP contribution in [-0.2, 0) is 0 Å². The van der Waals surface area contributed by atoms with Crippen molar-refractivity contribution in [1.29, 1.82) is 0 Å². The van der Waals surface area contributed by atoms with Gasteiger partial charge in [-0.05, 0) is 42.9 Å². The third kappa shape index (κ3) is 3.29. The first kappa shape index (κ1) is 12.1. The molecule has 0 heteroatoms. The van der Waals surface area contributed by atoms with Crippen LogP contribution in [-0.4, -0.2) is 0 Å². The second kappa shape index (κ2) is 5.19. The molecule has 14 heavy (non-hydrogen) atoms. The minimum atomic E-state index is 0.611. The van der Waals surface area contributed by atoms with Crippen molar-refractivity contribution in [2.45, 2.75) is 66.2 Å². The Hall–Kier alpha value is 0. The molecular weight excluding hydrogens is 168 g/mol. The van der Waals surface area contributed by atoms with Crippen LogP contribution in [0.25, 0.3) is 0 Å². The molecule has 0 saturated heterocycles. The molecule has 2 unspecified atom stereocenters. The molecule has 1 rings (SSSR count). The number of hydrogen-bond donors (Lipinski definition) is 0. The Morgan fingerprint density at radius 2 is 2.07 bits per heavy atom. The Morgan fingerprint density at radius 1 is 1.36 bits per heavy atom. The van der Waals surface area contributed by atoms with Crippen LogP contribution in [0.4, 0.5) is 0 Å². The standard InChI is InChI=1S/C14H27/c1-5-6-7-8-13-11-12(2)9-10-14(13,3)4/h5,12-13H,6-11H2,1-4H3. The van der Waals surface area contributed by atoms with Crippen LogP contribution >= 0.6 is 0 Å². The Kier molecular flexibility index (Phi) is 4.47. The van der Waals surface area contributed by atoms with E-state index in [1.807, 2.05) is 0 Å². The lowest BCUT2D eigenvalue weighted by atomic mass is 9.64. The van der Waals surface area contributed by atoms with E-state index in [9.17, 15) is 0 Å². The highest BCUT2D eigenvalue weighted by atomic mass is 14.4. The van der Waals surface area contributed by atoms with Gasteiger partial charge in [0.05, 0.1) is 0 Å². The van der Waals surface area contributed by atoms with Crippen LogP contribution in [0, 0.1) is 23.7 Å². The summed E-state index contributed by atoms with van der Waals surface area (Å²) >= 11 is 0. The molecule has 1 aliphatic carbocycles. The van der Waals surface area contributed by atoms with E-state index in [1.165, 1.54) is 38.5 Å². The molecule has 0 spiro atoms. The second-order valence-electron chi connectivity index (χ2n) is 5.90. The molecule has 1 saturated carbocycles. The first-order chi connectivity index (χ1) is 6.56. The van der Waals surface area contributed by atoms with Crippen LogP contribution in [0.5, 0.6) is 0 Å². The van der Waals surface area contributed by atoms with Gasteiger partial charge in [-0.15, -0.1) is 0 Å². The topological polar surface area (TPSA) is 0 Å². The molecule has 83 valence electrons. The largest absolute Gasteiger partial charge is 0.0625 e. The fraction of sp³-hybridized carbons (Fsp3) is 0.929. The minimum Gasteiger partial charge on any atom is -0.0625 e. The van der Waals surface area contributed by atoms with Crippen molar-refractivity contribution in [3.05, 3.63) is 6.42 Å². The highest BCUT2D eigenvalue weighted by Crippen LogP contribution is 2.45. The van der Waals surface area contributed by atoms with E-state index in [-0.39, 0.29) is 0 Å². The summed E-state index contributed by atoms with van der Waals surface area (Å²) in [6.07, 6.45) is 10.8. The maximum Gasteiger partial charge on any atom is -0.0326 e. The number of rotatable bonds is 4. The summed E-state index contributed by atoms with van der Waals surface area (Å²) in [5.41, 5.74) is 0.611. The average molecular weight is 195 g/mol. The third-order valence-corrected chi connectivity index (χ3v) is 4.12.